The van der Waals surface area contributed by atoms with Crippen molar-refractivity contribution < 1.29 is 18.1 Å². The second-order valence-electron chi connectivity index (χ2n) is 5.80. The Morgan fingerprint density at radius 2 is 1.87 bits per heavy atom. The number of nitro groups is 1. The van der Waals surface area contributed by atoms with Crippen molar-refractivity contribution in [3.8, 4) is 0 Å². The topological polar surface area (TPSA) is 119 Å². The van der Waals surface area contributed by atoms with Crippen molar-refractivity contribution in [3.63, 3.8) is 0 Å². The minimum absolute atomic E-state index is 0.0220. The van der Waals surface area contributed by atoms with Crippen molar-refractivity contribution in [2.24, 2.45) is 0 Å². The predicted molar refractivity (Wildman–Crippen MR) is 117 cm³/mol. The van der Waals surface area contributed by atoms with Crippen molar-refractivity contribution >= 4 is 73.4 Å². The highest BCUT2D eigenvalue weighted by Crippen LogP contribution is 2.45. The van der Waals surface area contributed by atoms with E-state index in [1.165, 1.54) is 30.6 Å². The van der Waals surface area contributed by atoms with Gasteiger partial charge in [0.15, 0.2) is 9.84 Å². The van der Waals surface area contributed by atoms with Crippen molar-refractivity contribution in [3.05, 3.63) is 67.8 Å². The van der Waals surface area contributed by atoms with Crippen LogP contribution in [0, 0.1) is 10.1 Å². The fourth-order valence-corrected chi connectivity index (χ4v) is 5.95. The number of halogens is 2. The normalized spacial score (nSPS) is 11.3. The number of anilines is 1. The summed E-state index contributed by atoms with van der Waals surface area (Å²) in [5.74, 6) is -0.682. The maximum absolute atomic E-state index is 12.7. The van der Waals surface area contributed by atoms with E-state index in [1.807, 2.05) is 0 Å². The van der Waals surface area contributed by atoms with Gasteiger partial charge in [-0.2, -0.15) is 0 Å². The van der Waals surface area contributed by atoms with Gasteiger partial charge in [-0.3, -0.25) is 19.9 Å². The van der Waals surface area contributed by atoms with E-state index in [2.05, 4.69) is 10.3 Å². The lowest BCUT2D eigenvalue weighted by Crippen LogP contribution is -2.13. The van der Waals surface area contributed by atoms with E-state index >= 15 is 0 Å². The fourth-order valence-electron chi connectivity index (χ4n) is 2.34. The summed E-state index contributed by atoms with van der Waals surface area (Å²) in [6.07, 6.45) is 3.72. The summed E-state index contributed by atoms with van der Waals surface area (Å²) < 4.78 is 24.0. The van der Waals surface area contributed by atoms with Gasteiger partial charge in [0.05, 0.1) is 30.4 Å². The average molecular weight is 504 g/mol. The smallest absolute Gasteiger partial charge is 0.294 e. The standard InChI is InChI=1S/C17H11Cl2N3O5S3/c1-30(26,27)14-5-3-2-4-11(14)21-16(23)13-6-12(22(24)25)17(28-13)29-15-9(18)7-20-8-10(15)19/h2-8H,1H3,(H,21,23). The Kier molecular flexibility index (Phi) is 6.68. The minimum atomic E-state index is -3.59. The van der Waals surface area contributed by atoms with E-state index in [0.29, 0.717) is 4.90 Å². The van der Waals surface area contributed by atoms with Crippen molar-refractivity contribution in [2.45, 2.75) is 14.0 Å². The largest absolute Gasteiger partial charge is 0.320 e. The highest BCUT2D eigenvalue weighted by molar-refractivity contribution is 8.01. The summed E-state index contributed by atoms with van der Waals surface area (Å²) in [6, 6.07) is 7.00. The number of para-hydroxylation sites is 1. The number of pyridine rings is 1. The molecule has 13 heteroatoms. The van der Waals surface area contributed by atoms with Crippen molar-refractivity contribution in [2.75, 3.05) is 11.6 Å². The van der Waals surface area contributed by atoms with E-state index in [4.69, 9.17) is 23.2 Å². The van der Waals surface area contributed by atoms with Crippen LogP contribution in [0.3, 0.4) is 0 Å². The molecule has 1 aromatic carbocycles. The molecular weight excluding hydrogens is 493 g/mol. The first-order chi connectivity index (χ1) is 14.1. The number of thiophene rings is 1. The van der Waals surface area contributed by atoms with Gasteiger partial charge in [-0.05, 0) is 12.1 Å². The molecule has 0 spiro atoms. The lowest BCUT2D eigenvalue weighted by Gasteiger charge is -2.08. The molecule has 0 aliphatic heterocycles. The molecule has 0 fully saturated rings. The Labute approximate surface area is 189 Å². The van der Waals surface area contributed by atoms with Crippen LogP contribution < -0.4 is 5.32 Å². The maximum Gasteiger partial charge on any atom is 0.294 e. The summed E-state index contributed by atoms with van der Waals surface area (Å²) in [5.41, 5.74) is -0.217. The van der Waals surface area contributed by atoms with E-state index in [-0.39, 0.29) is 35.4 Å². The molecule has 1 N–H and O–H groups in total. The Morgan fingerprint density at radius 1 is 1.23 bits per heavy atom. The van der Waals surface area contributed by atoms with E-state index in [1.54, 1.807) is 6.07 Å². The number of rotatable bonds is 6. The molecule has 0 saturated heterocycles. The van der Waals surface area contributed by atoms with Gasteiger partial charge < -0.3 is 5.32 Å². The Bertz CT molecular complexity index is 1240. The molecule has 156 valence electrons. The van der Waals surface area contributed by atoms with Gasteiger partial charge in [0.25, 0.3) is 11.6 Å². The molecule has 0 aliphatic carbocycles. The van der Waals surface area contributed by atoms with Crippen LogP contribution in [-0.4, -0.2) is 30.5 Å². The zero-order chi connectivity index (χ0) is 22.1. The van der Waals surface area contributed by atoms with Gasteiger partial charge in [-0.25, -0.2) is 8.42 Å². The van der Waals surface area contributed by atoms with E-state index in [0.717, 1.165) is 35.4 Å². The number of nitrogens with one attached hydrogen (secondary N) is 1. The first-order valence-corrected chi connectivity index (χ1v) is 12.2. The van der Waals surface area contributed by atoms with Crippen molar-refractivity contribution in [1.82, 2.24) is 4.98 Å². The summed E-state index contributed by atoms with van der Waals surface area (Å²) in [6.45, 7) is 0. The maximum atomic E-state index is 12.7. The molecule has 8 nitrogen and oxygen atoms in total. The third kappa shape index (κ3) is 4.93. The summed E-state index contributed by atoms with van der Waals surface area (Å²) in [5, 5.41) is 14.4. The summed E-state index contributed by atoms with van der Waals surface area (Å²) >= 11 is 14.0. The number of carbonyl (C=O) groups is 1. The molecule has 0 atom stereocenters. The van der Waals surface area contributed by atoms with Crippen LogP contribution >= 0.6 is 46.3 Å². The monoisotopic (exact) mass is 503 g/mol. The number of hydrogen-bond donors (Lipinski definition) is 1. The van der Waals surface area contributed by atoms with Gasteiger partial charge in [0.1, 0.15) is 9.09 Å². The third-order valence-electron chi connectivity index (χ3n) is 3.64. The van der Waals surface area contributed by atoms with Crippen LogP contribution in [0.4, 0.5) is 11.4 Å². The average Bonchev–Trinajstić information content (AvgIpc) is 3.09. The number of hydrogen-bond acceptors (Lipinski definition) is 8. The molecule has 0 radical (unpaired) electrons. The lowest BCUT2D eigenvalue weighted by molar-refractivity contribution is -0.387. The molecule has 0 bridgehead atoms. The van der Waals surface area contributed by atoms with E-state index < -0.39 is 20.7 Å². The second kappa shape index (κ2) is 8.90. The molecule has 2 aromatic heterocycles. The lowest BCUT2D eigenvalue weighted by atomic mass is 10.3. The number of nitrogens with zero attached hydrogens (tertiary/aromatic N) is 2. The molecular formula is C17H11Cl2N3O5S3. The van der Waals surface area contributed by atoms with Crippen LogP contribution in [0.25, 0.3) is 0 Å². The first-order valence-electron chi connectivity index (χ1n) is 7.93. The van der Waals surface area contributed by atoms with Crippen LogP contribution in [0.5, 0.6) is 0 Å². The van der Waals surface area contributed by atoms with Gasteiger partial charge in [-0.15, -0.1) is 11.3 Å². The van der Waals surface area contributed by atoms with Crippen LogP contribution in [0.2, 0.25) is 10.0 Å². The number of aromatic nitrogens is 1. The molecule has 0 aliphatic rings. The summed E-state index contributed by atoms with van der Waals surface area (Å²) in [4.78, 5) is 27.7. The highest BCUT2D eigenvalue weighted by atomic mass is 35.5. The zero-order valence-corrected chi connectivity index (χ0v) is 18.9. The van der Waals surface area contributed by atoms with Gasteiger partial charge in [0.2, 0.25) is 0 Å². The van der Waals surface area contributed by atoms with Crippen LogP contribution in [-0.2, 0) is 9.84 Å². The van der Waals surface area contributed by atoms with Gasteiger partial charge >= 0.3 is 0 Å². The Balaban J connectivity index is 1.96. The SMILES string of the molecule is CS(=O)(=O)c1ccccc1NC(=O)c1cc([N+](=O)[O-])c(Sc2c(Cl)cncc2Cl)s1. The van der Waals surface area contributed by atoms with Gasteiger partial charge in [0, 0.05) is 24.7 Å². The van der Waals surface area contributed by atoms with Crippen molar-refractivity contribution in [1.29, 1.82) is 0 Å². The Hall–Kier alpha value is -2.18. The molecule has 3 aromatic rings. The fraction of sp³-hybridized carbons (Fsp3) is 0.0588. The number of sulfone groups is 1. The molecule has 0 unspecified atom stereocenters. The number of carbonyl (C=O) groups excluding carboxylic acids is 1. The minimum Gasteiger partial charge on any atom is -0.320 e. The zero-order valence-electron chi connectivity index (χ0n) is 15.0. The first kappa shape index (κ1) is 22.5. The highest BCUT2D eigenvalue weighted by Gasteiger charge is 2.25. The third-order valence-corrected chi connectivity index (χ3v) is 8.05. The summed E-state index contributed by atoms with van der Waals surface area (Å²) in [7, 11) is -3.59. The second-order valence-corrected chi connectivity index (χ2v) is 10.9. The van der Waals surface area contributed by atoms with Crippen LogP contribution in [0.15, 0.2) is 56.7 Å². The van der Waals surface area contributed by atoms with Crippen LogP contribution in [0.1, 0.15) is 9.67 Å². The molecule has 0 saturated carbocycles. The molecule has 3 rings (SSSR count). The number of benzene rings is 1. The predicted octanol–water partition coefficient (Wildman–Crippen LogP) is 5.17. The van der Waals surface area contributed by atoms with Gasteiger partial charge in [-0.1, -0.05) is 47.1 Å². The number of amides is 1. The Morgan fingerprint density at radius 3 is 2.47 bits per heavy atom. The van der Waals surface area contributed by atoms with E-state index in [9.17, 15) is 23.3 Å². The molecule has 1 amide bonds. The molecule has 30 heavy (non-hydrogen) atoms. The quantitative estimate of drug-likeness (QED) is 0.364. The molecule has 2 heterocycles.